The van der Waals surface area contributed by atoms with E-state index in [2.05, 4.69) is 36.1 Å². The number of pyridine rings is 1. The molecule has 0 amide bonds. The second-order valence-electron chi connectivity index (χ2n) is 5.65. The molecule has 17 heavy (non-hydrogen) atoms. The minimum atomic E-state index is -1.32. The van der Waals surface area contributed by atoms with Gasteiger partial charge in [0.05, 0.1) is 5.60 Å². The van der Waals surface area contributed by atoms with Crippen molar-refractivity contribution >= 4 is 8.07 Å². The molecule has 92 valence electrons. The molecule has 0 saturated carbocycles. The van der Waals surface area contributed by atoms with Crippen LogP contribution in [0.2, 0.25) is 19.6 Å². The quantitative estimate of drug-likeness (QED) is 0.591. The van der Waals surface area contributed by atoms with Crippen LogP contribution in [0.3, 0.4) is 0 Å². The van der Waals surface area contributed by atoms with Crippen molar-refractivity contribution in [3.8, 4) is 11.5 Å². The maximum absolute atomic E-state index is 5.41. The van der Waals surface area contributed by atoms with Crippen LogP contribution in [-0.2, 0) is 10.3 Å². The molecule has 1 aromatic rings. The first-order valence-electron chi connectivity index (χ1n) is 5.79. The van der Waals surface area contributed by atoms with Crippen LogP contribution < -0.4 is 0 Å². The van der Waals surface area contributed by atoms with E-state index >= 15 is 0 Å². The Balaban J connectivity index is 2.92. The number of hydrogen-bond acceptors (Lipinski definition) is 2. The van der Waals surface area contributed by atoms with Crippen molar-refractivity contribution < 1.29 is 4.74 Å². The molecule has 2 nitrogen and oxygen atoms in total. The lowest BCUT2D eigenvalue weighted by Crippen LogP contribution is -2.19. The fraction of sp³-hybridized carbons (Fsp3) is 0.500. The molecule has 3 heteroatoms. The molecule has 0 aliphatic rings. The highest BCUT2D eigenvalue weighted by Crippen LogP contribution is 2.22. The van der Waals surface area contributed by atoms with Gasteiger partial charge in [0, 0.05) is 18.9 Å². The SMILES string of the molecule is COC(C)(C)c1ccc(C#C[Si](C)(C)C)nc1. The summed E-state index contributed by atoms with van der Waals surface area (Å²) < 4.78 is 5.41. The smallest absolute Gasteiger partial charge is 0.129 e. The molecule has 0 radical (unpaired) electrons. The minimum absolute atomic E-state index is 0.294. The Hall–Kier alpha value is -1.11. The van der Waals surface area contributed by atoms with Crippen molar-refractivity contribution in [3.63, 3.8) is 0 Å². The fourth-order valence-electron chi connectivity index (χ4n) is 1.19. The molecule has 0 aliphatic carbocycles. The van der Waals surface area contributed by atoms with Crippen LogP contribution in [0.1, 0.15) is 25.1 Å². The molecule has 0 unspecified atom stereocenters. The molecule has 1 rings (SSSR count). The topological polar surface area (TPSA) is 22.1 Å². The van der Waals surface area contributed by atoms with Crippen LogP contribution in [0.4, 0.5) is 0 Å². The van der Waals surface area contributed by atoms with E-state index in [1.807, 2.05) is 32.2 Å². The first-order chi connectivity index (χ1) is 7.74. The van der Waals surface area contributed by atoms with E-state index in [9.17, 15) is 0 Å². The Morgan fingerprint density at radius 2 is 1.88 bits per heavy atom. The summed E-state index contributed by atoms with van der Waals surface area (Å²) in [5.74, 6) is 3.14. The van der Waals surface area contributed by atoms with Gasteiger partial charge in [-0.2, -0.15) is 0 Å². The minimum Gasteiger partial charge on any atom is -0.374 e. The van der Waals surface area contributed by atoms with Crippen molar-refractivity contribution in [2.75, 3.05) is 7.11 Å². The van der Waals surface area contributed by atoms with Gasteiger partial charge in [-0.1, -0.05) is 31.6 Å². The lowest BCUT2D eigenvalue weighted by atomic mass is 10.00. The van der Waals surface area contributed by atoms with Crippen molar-refractivity contribution in [2.24, 2.45) is 0 Å². The van der Waals surface area contributed by atoms with E-state index in [0.29, 0.717) is 0 Å². The molecule has 0 bridgehead atoms. The number of aromatic nitrogens is 1. The molecule has 0 saturated heterocycles. The third kappa shape index (κ3) is 4.33. The number of hydrogen-bond donors (Lipinski definition) is 0. The molecule has 1 heterocycles. The van der Waals surface area contributed by atoms with Gasteiger partial charge in [-0.05, 0) is 19.9 Å². The monoisotopic (exact) mass is 247 g/mol. The number of nitrogens with zero attached hydrogens (tertiary/aromatic N) is 1. The van der Waals surface area contributed by atoms with Gasteiger partial charge in [0.1, 0.15) is 13.8 Å². The molecule has 1 aromatic heterocycles. The van der Waals surface area contributed by atoms with E-state index in [4.69, 9.17) is 4.74 Å². The summed E-state index contributed by atoms with van der Waals surface area (Å²) in [6.45, 7) is 10.7. The van der Waals surface area contributed by atoms with Crippen molar-refractivity contribution in [3.05, 3.63) is 29.6 Å². The van der Waals surface area contributed by atoms with Gasteiger partial charge in [0.25, 0.3) is 0 Å². The van der Waals surface area contributed by atoms with E-state index in [1.54, 1.807) is 7.11 Å². The summed E-state index contributed by atoms with van der Waals surface area (Å²) >= 11 is 0. The first kappa shape index (κ1) is 13.9. The van der Waals surface area contributed by atoms with Gasteiger partial charge in [-0.15, -0.1) is 5.54 Å². The molecule has 0 spiro atoms. The third-order valence-electron chi connectivity index (χ3n) is 2.53. The standard InChI is InChI=1S/C14H21NOSi/c1-14(2,16-3)12-7-8-13(15-11-12)9-10-17(4,5)6/h7-8,11H,1-6H3. The zero-order valence-corrected chi connectivity index (χ0v) is 12.6. The predicted molar refractivity (Wildman–Crippen MR) is 74.5 cm³/mol. The molecular formula is C14H21NOSi. The zero-order chi connectivity index (χ0) is 13.1. The number of ether oxygens (including phenoxy) is 1. The van der Waals surface area contributed by atoms with E-state index < -0.39 is 8.07 Å². The Labute approximate surface area is 105 Å². The third-order valence-corrected chi connectivity index (χ3v) is 3.41. The lowest BCUT2D eigenvalue weighted by Gasteiger charge is -2.22. The Kier molecular flexibility index (Phi) is 4.13. The summed E-state index contributed by atoms with van der Waals surface area (Å²) in [4.78, 5) is 4.36. The van der Waals surface area contributed by atoms with Gasteiger partial charge in [0.2, 0.25) is 0 Å². The lowest BCUT2D eigenvalue weighted by molar-refractivity contribution is 0.0189. The summed E-state index contributed by atoms with van der Waals surface area (Å²) in [6, 6.07) is 3.99. The molecule has 0 fully saturated rings. The summed E-state index contributed by atoms with van der Waals surface area (Å²) in [5, 5.41) is 0. The van der Waals surface area contributed by atoms with Crippen molar-refractivity contribution in [1.82, 2.24) is 4.98 Å². The first-order valence-corrected chi connectivity index (χ1v) is 9.29. The van der Waals surface area contributed by atoms with Gasteiger partial charge in [-0.3, -0.25) is 0 Å². The predicted octanol–water partition coefficient (Wildman–Crippen LogP) is 3.19. The van der Waals surface area contributed by atoms with E-state index in [0.717, 1.165) is 11.3 Å². The van der Waals surface area contributed by atoms with Gasteiger partial charge >= 0.3 is 0 Å². The number of rotatable bonds is 2. The van der Waals surface area contributed by atoms with Crippen LogP contribution >= 0.6 is 0 Å². The molecular weight excluding hydrogens is 226 g/mol. The van der Waals surface area contributed by atoms with Gasteiger partial charge < -0.3 is 4.74 Å². The fourth-order valence-corrected chi connectivity index (χ4v) is 1.70. The van der Waals surface area contributed by atoms with Crippen molar-refractivity contribution in [1.29, 1.82) is 0 Å². The van der Waals surface area contributed by atoms with Crippen molar-refractivity contribution in [2.45, 2.75) is 39.1 Å². The van der Waals surface area contributed by atoms with Gasteiger partial charge in [0.15, 0.2) is 0 Å². The molecule has 0 N–H and O–H groups in total. The molecule has 0 aromatic carbocycles. The molecule has 0 aliphatic heterocycles. The largest absolute Gasteiger partial charge is 0.374 e. The summed E-state index contributed by atoms with van der Waals surface area (Å²) in [6.07, 6.45) is 1.84. The maximum atomic E-state index is 5.41. The highest BCUT2D eigenvalue weighted by molar-refractivity contribution is 6.83. The van der Waals surface area contributed by atoms with E-state index in [1.165, 1.54) is 0 Å². The van der Waals surface area contributed by atoms with Crippen LogP contribution in [0.5, 0.6) is 0 Å². The summed E-state index contributed by atoms with van der Waals surface area (Å²) in [7, 11) is 0.384. The Morgan fingerprint density at radius 1 is 1.24 bits per heavy atom. The van der Waals surface area contributed by atoms with Gasteiger partial charge in [-0.25, -0.2) is 4.98 Å². The average molecular weight is 247 g/mol. The molecule has 0 atom stereocenters. The Morgan fingerprint density at radius 3 is 2.29 bits per heavy atom. The van der Waals surface area contributed by atoms with Crippen LogP contribution in [0.15, 0.2) is 18.3 Å². The average Bonchev–Trinajstić information content (AvgIpc) is 2.26. The maximum Gasteiger partial charge on any atom is 0.129 e. The highest BCUT2D eigenvalue weighted by Gasteiger charge is 2.19. The van der Waals surface area contributed by atoms with Crippen LogP contribution in [0, 0.1) is 11.5 Å². The second kappa shape index (κ2) is 5.03. The van der Waals surface area contributed by atoms with Crippen LogP contribution in [-0.4, -0.2) is 20.2 Å². The van der Waals surface area contributed by atoms with Crippen LogP contribution in [0.25, 0.3) is 0 Å². The second-order valence-corrected chi connectivity index (χ2v) is 10.4. The van der Waals surface area contributed by atoms with E-state index in [-0.39, 0.29) is 5.60 Å². The Bertz CT molecular complexity index is 432. The number of methoxy groups -OCH3 is 1. The zero-order valence-electron chi connectivity index (χ0n) is 11.6. The normalized spacial score (nSPS) is 11.9. The summed E-state index contributed by atoms with van der Waals surface area (Å²) in [5.41, 5.74) is 4.92. The highest BCUT2D eigenvalue weighted by atomic mass is 28.3.